The van der Waals surface area contributed by atoms with Gasteiger partial charge < -0.3 is 15.0 Å². The van der Waals surface area contributed by atoms with Crippen molar-refractivity contribution in [2.45, 2.75) is 0 Å². The summed E-state index contributed by atoms with van der Waals surface area (Å²) in [6.07, 6.45) is 0. The fourth-order valence-electron chi connectivity index (χ4n) is 1.34. The lowest BCUT2D eigenvalue weighted by molar-refractivity contribution is 0.0681. The maximum atomic E-state index is 11.0. The zero-order chi connectivity index (χ0) is 8.88. The van der Waals surface area contributed by atoms with Gasteiger partial charge in [-0.25, -0.2) is 4.79 Å². The first kappa shape index (κ1) is 6.90. The molecule has 5 nitrogen and oxygen atoms in total. The van der Waals surface area contributed by atoms with E-state index in [4.69, 9.17) is 5.11 Å². The highest BCUT2D eigenvalue weighted by molar-refractivity contribution is 6.15. The molecule has 0 atom stereocenters. The van der Waals surface area contributed by atoms with Crippen molar-refractivity contribution in [1.29, 1.82) is 0 Å². The van der Waals surface area contributed by atoms with Crippen molar-refractivity contribution in [2.24, 2.45) is 7.05 Å². The van der Waals surface area contributed by atoms with E-state index >= 15 is 0 Å². The summed E-state index contributed by atoms with van der Waals surface area (Å²) >= 11 is 0. The highest BCUT2D eigenvalue weighted by Gasteiger charge is 2.29. The molecule has 0 aromatic carbocycles. The third-order valence-electron chi connectivity index (χ3n) is 1.92. The van der Waals surface area contributed by atoms with Crippen molar-refractivity contribution < 1.29 is 14.7 Å². The molecule has 1 aliphatic rings. The third kappa shape index (κ3) is 0.623. The van der Waals surface area contributed by atoms with Crippen LogP contribution in [-0.2, 0) is 7.05 Å². The molecule has 1 aromatic heterocycles. The average molecular weight is 166 g/mol. The molecule has 2 bridgehead atoms. The maximum absolute atomic E-state index is 11.0. The number of nitrogens with zero attached hydrogens (tertiary/aromatic N) is 1. The number of anilines is 1. The smallest absolute Gasteiger partial charge is 0.353 e. The van der Waals surface area contributed by atoms with Crippen LogP contribution in [0.1, 0.15) is 20.8 Å². The van der Waals surface area contributed by atoms with Crippen LogP contribution < -0.4 is 5.32 Å². The van der Waals surface area contributed by atoms with Gasteiger partial charge in [-0.1, -0.05) is 0 Å². The van der Waals surface area contributed by atoms with Crippen LogP contribution in [0.2, 0.25) is 0 Å². The minimum absolute atomic E-state index is 0.0498. The van der Waals surface area contributed by atoms with Gasteiger partial charge in [0.1, 0.15) is 11.5 Å². The number of carboxylic acid groups (broad SMARTS) is 1. The van der Waals surface area contributed by atoms with Crippen LogP contribution in [0.25, 0.3) is 0 Å². The number of fused-ring (bicyclic) bond motifs is 2. The van der Waals surface area contributed by atoms with E-state index in [0.717, 1.165) is 0 Å². The minimum Gasteiger partial charge on any atom is -0.477 e. The lowest BCUT2D eigenvalue weighted by atomic mass is 10.2. The Labute approximate surface area is 67.6 Å². The topological polar surface area (TPSA) is 71.3 Å². The number of carbonyl (C=O) groups is 2. The molecule has 2 rings (SSSR count). The molecule has 12 heavy (non-hydrogen) atoms. The second-order valence-corrected chi connectivity index (χ2v) is 2.61. The second kappa shape index (κ2) is 1.88. The number of amides is 1. The molecule has 2 heterocycles. The molecular formula is C7H6N2O3. The summed E-state index contributed by atoms with van der Waals surface area (Å²) < 4.78 is 1.44. The number of aromatic carboxylic acids is 1. The van der Waals surface area contributed by atoms with E-state index in [1.54, 1.807) is 7.05 Å². The Hall–Kier alpha value is -1.78. The first-order chi connectivity index (χ1) is 5.61. The molecule has 1 aliphatic heterocycles. The predicted molar refractivity (Wildman–Crippen MR) is 40.3 cm³/mol. The number of carbonyl (C=O) groups excluding carboxylic acids is 1. The van der Waals surface area contributed by atoms with E-state index in [2.05, 4.69) is 5.32 Å². The zero-order valence-electron chi connectivity index (χ0n) is 6.29. The van der Waals surface area contributed by atoms with E-state index in [1.807, 2.05) is 0 Å². The van der Waals surface area contributed by atoms with E-state index < -0.39 is 5.97 Å². The predicted octanol–water partition coefficient (Wildman–Crippen LogP) is 0.289. The Bertz CT molecular complexity index is 392. The van der Waals surface area contributed by atoms with Gasteiger partial charge in [-0.2, -0.15) is 0 Å². The second-order valence-electron chi connectivity index (χ2n) is 2.61. The normalized spacial score (nSPS) is 13.2. The van der Waals surface area contributed by atoms with Crippen molar-refractivity contribution in [3.05, 3.63) is 17.3 Å². The van der Waals surface area contributed by atoms with Gasteiger partial charge in [-0.05, 0) is 6.07 Å². The van der Waals surface area contributed by atoms with E-state index in [9.17, 15) is 9.59 Å². The largest absolute Gasteiger partial charge is 0.477 e. The quantitative estimate of drug-likeness (QED) is 0.629. The van der Waals surface area contributed by atoms with Gasteiger partial charge in [0.05, 0.1) is 5.56 Å². The molecule has 1 aromatic rings. The van der Waals surface area contributed by atoms with Crippen molar-refractivity contribution in [3.8, 4) is 0 Å². The molecule has 0 spiro atoms. The lowest BCUT2D eigenvalue weighted by Crippen LogP contribution is -2.20. The number of nitrogens with one attached hydrogen (secondary N) is 1. The van der Waals surface area contributed by atoms with Gasteiger partial charge in [0, 0.05) is 7.05 Å². The zero-order valence-corrected chi connectivity index (χ0v) is 6.29. The van der Waals surface area contributed by atoms with Crippen LogP contribution in [0.5, 0.6) is 0 Å². The SMILES string of the molecule is Cn1c2cc(c1C(=O)O)C(=O)N2. The lowest BCUT2D eigenvalue weighted by Gasteiger charge is -2.09. The van der Waals surface area contributed by atoms with Crippen LogP contribution in [0, 0.1) is 0 Å². The number of carboxylic acids is 1. The summed E-state index contributed by atoms with van der Waals surface area (Å²) in [7, 11) is 1.60. The Morgan fingerprint density at radius 3 is 2.75 bits per heavy atom. The van der Waals surface area contributed by atoms with Gasteiger partial charge in [0.2, 0.25) is 0 Å². The van der Waals surface area contributed by atoms with Gasteiger partial charge in [0.25, 0.3) is 5.91 Å². The van der Waals surface area contributed by atoms with Gasteiger partial charge in [0.15, 0.2) is 0 Å². The third-order valence-corrected chi connectivity index (χ3v) is 1.92. The van der Waals surface area contributed by atoms with Crippen molar-refractivity contribution in [2.75, 3.05) is 5.32 Å². The van der Waals surface area contributed by atoms with Crippen molar-refractivity contribution >= 4 is 17.7 Å². The van der Waals surface area contributed by atoms with Crippen LogP contribution in [0.3, 0.4) is 0 Å². The van der Waals surface area contributed by atoms with Crippen LogP contribution in [0.4, 0.5) is 5.82 Å². The highest BCUT2D eigenvalue weighted by atomic mass is 16.4. The highest BCUT2D eigenvalue weighted by Crippen LogP contribution is 2.26. The number of aromatic nitrogens is 1. The summed E-state index contributed by atoms with van der Waals surface area (Å²) in [5, 5.41) is 11.2. The Kier molecular flexibility index (Phi) is 1.08. The summed E-state index contributed by atoms with van der Waals surface area (Å²) in [5.74, 6) is -0.874. The summed E-state index contributed by atoms with van der Waals surface area (Å²) in [6, 6.07) is 1.53. The summed E-state index contributed by atoms with van der Waals surface area (Å²) in [4.78, 5) is 21.6. The fraction of sp³-hybridized carbons (Fsp3) is 0.143. The molecule has 0 unspecified atom stereocenters. The molecule has 0 saturated heterocycles. The molecule has 0 radical (unpaired) electrons. The van der Waals surface area contributed by atoms with Gasteiger partial charge in [-0.3, -0.25) is 4.79 Å². The molecular weight excluding hydrogens is 160 g/mol. The Morgan fingerprint density at radius 2 is 2.33 bits per heavy atom. The molecule has 0 aliphatic carbocycles. The standard InChI is InChI=1S/C7H6N2O3/c1-9-4-2-3(6(10)8-4)5(9)7(11)12/h2H,1H3,(H,8,10)(H,11,12). The van der Waals surface area contributed by atoms with Crippen molar-refractivity contribution in [1.82, 2.24) is 4.57 Å². The van der Waals surface area contributed by atoms with Crippen LogP contribution in [-0.4, -0.2) is 21.6 Å². The summed E-state index contributed by atoms with van der Waals surface area (Å²) in [6.45, 7) is 0. The molecule has 5 heteroatoms. The molecule has 0 fully saturated rings. The number of hydrogen-bond acceptors (Lipinski definition) is 2. The molecule has 62 valence electrons. The van der Waals surface area contributed by atoms with E-state index in [-0.39, 0.29) is 17.2 Å². The van der Waals surface area contributed by atoms with Gasteiger partial charge >= 0.3 is 5.97 Å². The Morgan fingerprint density at radius 1 is 1.67 bits per heavy atom. The van der Waals surface area contributed by atoms with E-state index in [1.165, 1.54) is 10.6 Å². The van der Waals surface area contributed by atoms with Gasteiger partial charge in [-0.15, -0.1) is 0 Å². The van der Waals surface area contributed by atoms with E-state index in [0.29, 0.717) is 5.82 Å². The molecule has 0 saturated carbocycles. The first-order valence-electron chi connectivity index (χ1n) is 3.35. The van der Waals surface area contributed by atoms with Crippen LogP contribution >= 0.6 is 0 Å². The Balaban J connectivity index is 2.70. The number of hydrogen-bond donors (Lipinski definition) is 2. The van der Waals surface area contributed by atoms with Crippen molar-refractivity contribution in [3.63, 3.8) is 0 Å². The first-order valence-corrected chi connectivity index (χ1v) is 3.35. The number of rotatable bonds is 1. The fourth-order valence-corrected chi connectivity index (χ4v) is 1.34. The summed E-state index contributed by atoms with van der Waals surface area (Å²) in [5.41, 5.74) is 0.286. The molecule has 2 N–H and O–H groups in total. The minimum atomic E-state index is -1.08. The average Bonchev–Trinajstić information content (AvgIpc) is 2.44. The maximum Gasteiger partial charge on any atom is 0.353 e. The van der Waals surface area contributed by atoms with Crippen LogP contribution in [0.15, 0.2) is 6.07 Å². The molecule has 1 amide bonds. The monoisotopic (exact) mass is 166 g/mol.